The van der Waals surface area contributed by atoms with Gasteiger partial charge < -0.3 is 10.6 Å². The van der Waals surface area contributed by atoms with Gasteiger partial charge in [-0.25, -0.2) is 0 Å². The van der Waals surface area contributed by atoms with Gasteiger partial charge in [0.25, 0.3) is 5.91 Å². The molecule has 0 heterocycles. The third-order valence-corrected chi connectivity index (χ3v) is 4.59. The number of carbonyl (C=O) groups is 1. The second kappa shape index (κ2) is 6.69. The number of anilines is 1. The lowest BCUT2D eigenvalue weighted by Crippen LogP contribution is -2.26. The molecule has 0 aliphatic rings. The highest BCUT2D eigenvalue weighted by atomic mass is 79.9. The molecule has 2 aromatic rings. The Kier molecular flexibility index (Phi) is 5.14. The van der Waals surface area contributed by atoms with Crippen LogP contribution in [0.5, 0.6) is 0 Å². The molecule has 0 saturated carbocycles. The Morgan fingerprint density at radius 3 is 2.57 bits per heavy atom. The Labute approximate surface area is 141 Å². The van der Waals surface area contributed by atoms with E-state index in [1.807, 2.05) is 0 Å². The fourth-order valence-electron chi connectivity index (χ4n) is 1.89. The molecule has 2 N–H and O–H groups in total. The van der Waals surface area contributed by atoms with Crippen molar-refractivity contribution >= 4 is 50.7 Å². The molecule has 0 aliphatic carbocycles. The molecule has 0 spiro atoms. The smallest absolute Gasteiger partial charge is 0.253 e. The maximum Gasteiger partial charge on any atom is 0.253 e. The van der Waals surface area contributed by atoms with Gasteiger partial charge in [-0.05, 0) is 57.9 Å². The van der Waals surface area contributed by atoms with E-state index in [2.05, 4.69) is 15.9 Å². The van der Waals surface area contributed by atoms with E-state index < -0.39 is 0 Å². The molecule has 0 atom stereocenters. The van der Waals surface area contributed by atoms with E-state index in [-0.39, 0.29) is 5.91 Å². The predicted octanol–water partition coefficient (Wildman–Crippen LogP) is 4.61. The van der Waals surface area contributed by atoms with E-state index in [1.165, 1.54) is 0 Å². The number of halogens is 3. The molecule has 1 amide bonds. The Hall–Kier alpha value is -1.23. The largest absolute Gasteiger partial charge is 0.399 e. The molecule has 0 unspecified atom stereocenters. The van der Waals surface area contributed by atoms with Crippen LogP contribution >= 0.6 is 39.1 Å². The average molecular weight is 388 g/mol. The molecule has 0 bridgehead atoms. The molecular formula is C15H13BrCl2N2O. The summed E-state index contributed by atoms with van der Waals surface area (Å²) in [7, 11) is 1.71. The number of nitrogens with two attached hydrogens (primary N) is 1. The summed E-state index contributed by atoms with van der Waals surface area (Å²) in [5, 5.41) is 1.08. The van der Waals surface area contributed by atoms with Gasteiger partial charge in [-0.1, -0.05) is 23.2 Å². The first kappa shape index (κ1) is 16.1. The standard InChI is InChI=1S/C15H13BrCl2N2O/c1-20(8-10-6-11(19)3-5-13(10)17)15(21)9-2-4-12(16)14(18)7-9/h2-7H,8,19H2,1H3. The zero-order chi connectivity index (χ0) is 15.6. The molecule has 21 heavy (non-hydrogen) atoms. The SMILES string of the molecule is CN(Cc1cc(N)ccc1Cl)C(=O)c1ccc(Br)c(Cl)c1. The lowest BCUT2D eigenvalue weighted by Gasteiger charge is -2.18. The summed E-state index contributed by atoms with van der Waals surface area (Å²) in [6.07, 6.45) is 0. The van der Waals surface area contributed by atoms with Crippen molar-refractivity contribution in [3.8, 4) is 0 Å². The second-order valence-electron chi connectivity index (χ2n) is 4.64. The van der Waals surface area contributed by atoms with E-state index >= 15 is 0 Å². The van der Waals surface area contributed by atoms with Crippen LogP contribution in [-0.2, 0) is 6.54 Å². The predicted molar refractivity (Wildman–Crippen MR) is 90.8 cm³/mol. The molecule has 3 nitrogen and oxygen atoms in total. The molecule has 0 aliphatic heterocycles. The van der Waals surface area contributed by atoms with E-state index in [0.29, 0.717) is 27.8 Å². The molecule has 0 aromatic heterocycles. The van der Waals surface area contributed by atoms with E-state index in [1.54, 1.807) is 48.3 Å². The minimum absolute atomic E-state index is 0.136. The van der Waals surface area contributed by atoms with Gasteiger partial charge in [0.2, 0.25) is 0 Å². The molecule has 0 saturated heterocycles. The van der Waals surface area contributed by atoms with Gasteiger partial charge in [0.1, 0.15) is 0 Å². The highest BCUT2D eigenvalue weighted by Crippen LogP contribution is 2.25. The number of rotatable bonds is 3. The van der Waals surface area contributed by atoms with Crippen LogP contribution in [0.25, 0.3) is 0 Å². The van der Waals surface area contributed by atoms with Gasteiger partial charge in [0.15, 0.2) is 0 Å². The van der Waals surface area contributed by atoms with Crippen LogP contribution in [0.3, 0.4) is 0 Å². The highest BCUT2D eigenvalue weighted by Gasteiger charge is 2.14. The summed E-state index contributed by atoms with van der Waals surface area (Å²) in [5.41, 5.74) is 7.68. The first-order chi connectivity index (χ1) is 9.88. The normalized spacial score (nSPS) is 10.5. The van der Waals surface area contributed by atoms with Crippen molar-refractivity contribution in [3.63, 3.8) is 0 Å². The summed E-state index contributed by atoms with van der Waals surface area (Å²) in [6, 6.07) is 10.3. The second-order valence-corrected chi connectivity index (χ2v) is 6.31. The first-order valence-electron chi connectivity index (χ1n) is 6.13. The third-order valence-electron chi connectivity index (χ3n) is 2.99. The number of amides is 1. The third kappa shape index (κ3) is 3.90. The zero-order valence-electron chi connectivity index (χ0n) is 11.2. The summed E-state index contributed by atoms with van der Waals surface area (Å²) < 4.78 is 0.752. The summed E-state index contributed by atoms with van der Waals surface area (Å²) in [6.45, 7) is 0.371. The maximum atomic E-state index is 12.4. The van der Waals surface area contributed by atoms with Crippen molar-refractivity contribution in [1.29, 1.82) is 0 Å². The van der Waals surface area contributed by atoms with Gasteiger partial charge in [-0.2, -0.15) is 0 Å². The van der Waals surface area contributed by atoms with E-state index in [0.717, 1.165) is 10.0 Å². The minimum Gasteiger partial charge on any atom is -0.399 e. The molecule has 110 valence electrons. The quantitative estimate of drug-likeness (QED) is 0.781. The summed E-state index contributed by atoms with van der Waals surface area (Å²) in [5.74, 6) is -0.136. The van der Waals surface area contributed by atoms with Crippen LogP contribution in [0.4, 0.5) is 5.69 Å². The Morgan fingerprint density at radius 2 is 1.90 bits per heavy atom. The Balaban J connectivity index is 2.19. The van der Waals surface area contributed by atoms with Gasteiger partial charge in [-0.15, -0.1) is 0 Å². The maximum absolute atomic E-state index is 12.4. The number of benzene rings is 2. The number of hydrogen-bond acceptors (Lipinski definition) is 2. The van der Waals surface area contributed by atoms with Crippen LogP contribution in [0.2, 0.25) is 10.0 Å². The number of carbonyl (C=O) groups excluding carboxylic acids is 1. The minimum atomic E-state index is -0.136. The topological polar surface area (TPSA) is 46.3 Å². The lowest BCUT2D eigenvalue weighted by molar-refractivity contribution is 0.0785. The molecule has 2 aromatic carbocycles. The van der Waals surface area contributed by atoms with Crippen LogP contribution in [0.1, 0.15) is 15.9 Å². The van der Waals surface area contributed by atoms with Crippen LogP contribution < -0.4 is 5.73 Å². The highest BCUT2D eigenvalue weighted by molar-refractivity contribution is 9.10. The van der Waals surface area contributed by atoms with Crippen LogP contribution in [0, 0.1) is 0 Å². The van der Waals surface area contributed by atoms with Crippen molar-refractivity contribution in [1.82, 2.24) is 4.90 Å². The molecule has 6 heteroatoms. The van der Waals surface area contributed by atoms with Crippen molar-refractivity contribution in [3.05, 3.63) is 62.0 Å². The van der Waals surface area contributed by atoms with Crippen molar-refractivity contribution in [2.45, 2.75) is 6.54 Å². The number of hydrogen-bond donors (Lipinski definition) is 1. The molecule has 2 rings (SSSR count). The fourth-order valence-corrected chi connectivity index (χ4v) is 2.50. The molecule has 0 radical (unpaired) electrons. The monoisotopic (exact) mass is 386 g/mol. The van der Waals surface area contributed by atoms with Gasteiger partial charge in [0, 0.05) is 34.3 Å². The van der Waals surface area contributed by atoms with Gasteiger partial charge >= 0.3 is 0 Å². The average Bonchev–Trinajstić information content (AvgIpc) is 2.45. The molecule has 0 fully saturated rings. The van der Waals surface area contributed by atoms with Crippen molar-refractivity contribution in [2.75, 3.05) is 12.8 Å². The van der Waals surface area contributed by atoms with Crippen molar-refractivity contribution in [2.24, 2.45) is 0 Å². The van der Waals surface area contributed by atoms with Gasteiger partial charge in [-0.3, -0.25) is 4.79 Å². The van der Waals surface area contributed by atoms with Gasteiger partial charge in [0.05, 0.1) is 5.02 Å². The lowest BCUT2D eigenvalue weighted by atomic mass is 10.1. The summed E-state index contributed by atoms with van der Waals surface area (Å²) >= 11 is 15.4. The number of nitrogen functional groups attached to an aromatic ring is 1. The van der Waals surface area contributed by atoms with Crippen molar-refractivity contribution < 1.29 is 4.79 Å². The first-order valence-corrected chi connectivity index (χ1v) is 7.68. The van der Waals surface area contributed by atoms with E-state index in [9.17, 15) is 4.79 Å². The number of nitrogens with zero attached hydrogens (tertiary/aromatic N) is 1. The Morgan fingerprint density at radius 1 is 1.19 bits per heavy atom. The van der Waals surface area contributed by atoms with Crippen LogP contribution in [0.15, 0.2) is 40.9 Å². The summed E-state index contributed by atoms with van der Waals surface area (Å²) in [4.78, 5) is 14.0. The van der Waals surface area contributed by atoms with Crippen LogP contribution in [-0.4, -0.2) is 17.9 Å². The molecular weight excluding hydrogens is 375 g/mol. The fraction of sp³-hybridized carbons (Fsp3) is 0.133. The van der Waals surface area contributed by atoms with E-state index in [4.69, 9.17) is 28.9 Å². The Bertz CT molecular complexity index is 691. The zero-order valence-corrected chi connectivity index (χ0v) is 14.3.